The van der Waals surface area contributed by atoms with Crippen molar-refractivity contribution in [3.05, 3.63) is 45.6 Å². The number of carbonyl (C=O) groups is 2. The third kappa shape index (κ3) is 4.59. The number of aromatic nitrogens is 2. The molecule has 0 atom stereocenters. The predicted octanol–water partition coefficient (Wildman–Crippen LogP) is 3.52. The predicted molar refractivity (Wildman–Crippen MR) is 93.9 cm³/mol. The van der Waals surface area contributed by atoms with Crippen LogP contribution in [0.2, 0.25) is 10.0 Å². The molecule has 0 saturated heterocycles. The number of ketones is 1. The molecule has 0 bridgehead atoms. The van der Waals surface area contributed by atoms with Crippen LogP contribution in [0.1, 0.15) is 27.6 Å². The Bertz CT molecular complexity index is 787. The summed E-state index contributed by atoms with van der Waals surface area (Å²) in [5.74, 6) is -0.712. The van der Waals surface area contributed by atoms with Crippen molar-refractivity contribution < 1.29 is 14.3 Å². The van der Waals surface area contributed by atoms with E-state index in [9.17, 15) is 9.59 Å². The van der Waals surface area contributed by atoms with Crippen LogP contribution in [0.15, 0.2) is 29.6 Å². The van der Waals surface area contributed by atoms with Gasteiger partial charge in [0.05, 0.1) is 17.4 Å². The number of nitrogens with two attached hydrogens (primary N) is 1. The van der Waals surface area contributed by atoms with Crippen LogP contribution in [0.25, 0.3) is 0 Å². The Morgan fingerprint density at radius 2 is 2.04 bits per heavy atom. The number of hydrogen-bond donors (Lipinski definition) is 1. The van der Waals surface area contributed by atoms with Gasteiger partial charge in [-0.25, -0.2) is 14.8 Å². The molecule has 126 valence electrons. The Morgan fingerprint density at radius 1 is 1.29 bits per heavy atom. The topological polar surface area (TPSA) is 95.2 Å². The first-order chi connectivity index (χ1) is 11.4. The third-order valence-electron chi connectivity index (χ3n) is 2.86. The fourth-order valence-corrected chi connectivity index (χ4v) is 2.96. The van der Waals surface area contributed by atoms with E-state index in [0.717, 1.165) is 11.8 Å². The Kier molecular flexibility index (Phi) is 6.42. The van der Waals surface area contributed by atoms with Crippen molar-refractivity contribution in [2.45, 2.75) is 12.1 Å². The molecule has 0 unspecified atom stereocenters. The molecule has 1 aromatic carbocycles. The van der Waals surface area contributed by atoms with Crippen LogP contribution in [0.3, 0.4) is 0 Å². The molecule has 2 rings (SSSR count). The molecule has 0 aliphatic heterocycles. The van der Waals surface area contributed by atoms with Crippen molar-refractivity contribution in [3.8, 4) is 0 Å². The molecule has 0 spiro atoms. The van der Waals surface area contributed by atoms with Crippen molar-refractivity contribution in [2.24, 2.45) is 0 Å². The molecule has 1 heterocycles. The Hall–Kier alpha value is -1.83. The van der Waals surface area contributed by atoms with E-state index in [1.54, 1.807) is 19.1 Å². The maximum atomic E-state index is 12.2. The summed E-state index contributed by atoms with van der Waals surface area (Å²) in [6.45, 7) is 1.91. The maximum Gasteiger partial charge on any atom is 0.343 e. The van der Waals surface area contributed by atoms with E-state index in [0.29, 0.717) is 10.6 Å². The maximum absolute atomic E-state index is 12.2. The fraction of sp³-hybridized carbons (Fsp3) is 0.200. The normalized spacial score (nSPS) is 10.5. The van der Waals surface area contributed by atoms with Gasteiger partial charge in [-0.05, 0) is 25.1 Å². The molecular formula is C15H13Cl2N3O3S. The van der Waals surface area contributed by atoms with Crippen LogP contribution in [0.5, 0.6) is 0 Å². The number of halogens is 2. The van der Waals surface area contributed by atoms with Gasteiger partial charge in [0.1, 0.15) is 11.4 Å². The Morgan fingerprint density at radius 3 is 2.67 bits per heavy atom. The lowest BCUT2D eigenvalue weighted by atomic mass is 10.1. The monoisotopic (exact) mass is 385 g/mol. The lowest BCUT2D eigenvalue weighted by Gasteiger charge is -2.06. The van der Waals surface area contributed by atoms with Gasteiger partial charge in [-0.1, -0.05) is 35.0 Å². The number of benzene rings is 1. The van der Waals surface area contributed by atoms with Crippen molar-refractivity contribution in [1.82, 2.24) is 9.97 Å². The van der Waals surface area contributed by atoms with Gasteiger partial charge >= 0.3 is 5.97 Å². The van der Waals surface area contributed by atoms with Crippen LogP contribution >= 0.6 is 35.0 Å². The summed E-state index contributed by atoms with van der Waals surface area (Å²) in [5, 5.41) is 1.01. The van der Waals surface area contributed by atoms with Gasteiger partial charge in [0, 0.05) is 16.8 Å². The zero-order chi connectivity index (χ0) is 17.7. The standard InChI is InChI=1S/C15H13Cl2N3O3S/c1-2-23-14(22)10-6-19-15(20-13(10)18)24-7-12(21)9-4-3-8(16)5-11(9)17/h3-6H,2,7H2,1H3,(H2,18,19,20). The lowest BCUT2D eigenvalue weighted by molar-refractivity contribution is 0.0526. The van der Waals surface area contributed by atoms with E-state index >= 15 is 0 Å². The first-order valence-corrected chi connectivity index (χ1v) is 8.57. The molecule has 0 radical (unpaired) electrons. The number of nitrogen functional groups attached to an aromatic ring is 1. The molecule has 2 aromatic rings. The second-order valence-corrected chi connectivity index (χ2v) is 6.29. The Balaban J connectivity index is 2.05. The molecular weight excluding hydrogens is 373 g/mol. The molecule has 9 heteroatoms. The van der Waals surface area contributed by atoms with Gasteiger partial charge in [-0.3, -0.25) is 4.79 Å². The lowest BCUT2D eigenvalue weighted by Crippen LogP contribution is -2.11. The molecule has 0 fully saturated rings. The minimum Gasteiger partial charge on any atom is -0.462 e. The molecule has 0 saturated carbocycles. The first kappa shape index (κ1) is 18.5. The molecule has 0 amide bonds. The number of carbonyl (C=O) groups excluding carboxylic acids is 2. The van der Waals surface area contributed by atoms with Gasteiger partial charge in [0.25, 0.3) is 0 Å². The van der Waals surface area contributed by atoms with E-state index in [-0.39, 0.29) is 39.7 Å². The van der Waals surface area contributed by atoms with Gasteiger partial charge in [-0.2, -0.15) is 0 Å². The van der Waals surface area contributed by atoms with E-state index in [4.69, 9.17) is 33.7 Å². The third-order valence-corrected chi connectivity index (χ3v) is 4.26. The van der Waals surface area contributed by atoms with E-state index in [1.807, 2.05) is 0 Å². The van der Waals surface area contributed by atoms with Crippen molar-refractivity contribution >= 4 is 52.5 Å². The highest BCUT2D eigenvalue weighted by atomic mass is 35.5. The van der Waals surface area contributed by atoms with E-state index in [1.165, 1.54) is 12.3 Å². The number of esters is 1. The average Bonchev–Trinajstić information content (AvgIpc) is 2.52. The van der Waals surface area contributed by atoms with Gasteiger partial charge in [0.2, 0.25) is 0 Å². The van der Waals surface area contributed by atoms with Crippen molar-refractivity contribution in [2.75, 3.05) is 18.1 Å². The van der Waals surface area contributed by atoms with Crippen LogP contribution in [0, 0.1) is 0 Å². The number of nitrogens with zero attached hydrogens (tertiary/aromatic N) is 2. The summed E-state index contributed by atoms with van der Waals surface area (Å²) in [5.41, 5.74) is 6.18. The zero-order valence-corrected chi connectivity index (χ0v) is 14.9. The summed E-state index contributed by atoms with van der Waals surface area (Å²) in [6.07, 6.45) is 1.28. The Labute approximate surface area is 152 Å². The second kappa shape index (κ2) is 8.32. The van der Waals surface area contributed by atoms with Crippen LogP contribution in [-0.2, 0) is 4.74 Å². The minimum absolute atomic E-state index is 0.00271. The highest BCUT2D eigenvalue weighted by Gasteiger charge is 2.16. The molecule has 1 aromatic heterocycles. The summed E-state index contributed by atoms with van der Waals surface area (Å²) in [7, 11) is 0. The van der Waals surface area contributed by atoms with Crippen LogP contribution < -0.4 is 5.73 Å². The number of Topliss-reactive ketones (excluding diaryl/α,β-unsaturated/α-hetero) is 1. The summed E-state index contributed by atoms with van der Waals surface area (Å²) in [4.78, 5) is 31.8. The number of thioether (sulfide) groups is 1. The number of ether oxygens (including phenoxy) is 1. The molecule has 6 nitrogen and oxygen atoms in total. The van der Waals surface area contributed by atoms with Crippen LogP contribution in [-0.4, -0.2) is 34.1 Å². The minimum atomic E-state index is -0.587. The summed E-state index contributed by atoms with van der Waals surface area (Å²) < 4.78 is 4.84. The quantitative estimate of drug-likeness (QED) is 0.351. The van der Waals surface area contributed by atoms with Crippen LogP contribution in [0.4, 0.5) is 5.82 Å². The van der Waals surface area contributed by atoms with Crippen molar-refractivity contribution in [3.63, 3.8) is 0 Å². The summed E-state index contributed by atoms with van der Waals surface area (Å²) in [6, 6.07) is 4.66. The highest BCUT2D eigenvalue weighted by molar-refractivity contribution is 7.99. The van der Waals surface area contributed by atoms with Gasteiger partial charge in [-0.15, -0.1) is 0 Å². The SMILES string of the molecule is CCOC(=O)c1cnc(SCC(=O)c2ccc(Cl)cc2Cl)nc1N. The van der Waals surface area contributed by atoms with E-state index in [2.05, 4.69) is 9.97 Å². The van der Waals surface area contributed by atoms with E-state index < -0.39 is 5.97 Å². The number of hydrogen-bond acceptors (Lipinski definition) is 7. The molecule has 0 aliphatic rings. The number of anilines is 1. The summed E-state index contributed by atoms with van der Waals surface area (Å²) >= 11 is 12.9. The largest absolute Gasteiger partial charge is 0.462 e. The second-order valence-electron chi connectivity index (χ2n) is 4.51. The van der Waals surface area contributed by atoms with Crippen molar-refractivity contribution in [1.29, 1.82) is 0 Å². The van der Waals surface area contributed by atoms with Gasteiger partial charge < -0.3 is 10.5 Å². The highest BCUT2D eigenvalue weighted by Crippen LogP contribution is 2.24. The molecule has 0 aliphatic carbocycles. The first-order valence-electron chi connectivity index (χ1n) is 6.83. The smallest absolute Gasteiger partial charge is 0.343 e. The molecule has 24 heavy (non-hydrogen) atoms. The fourth-order valence-electron chi connectivity index (χ4n) is 1.74. The average molecular weight is 386 g/mol. The molecule has 2 N–H and O–H groups in total. The zero-order valence-electron chi connectivity index (χ0n) is 12.6. The van der Waals surface area contributed by atoms with Gasteiger partial charge in [0.15, 0.2) is 10.9 Å². The number of rotatable bonds is 6.